The summed E-state index contributed by atoms with van der Waals surface area (Å²) >= 11 is 5.98. The number of aromatic nitrogens is 3. The van der Waals surface area contributed by atoms with Crippen molar-refractivity contribution in [2.75, 3.05) is 10.6 Å². The Hall–Kier alpha value is -3.26. The van der Waals surface area contributed by atoms with Crippen LogP contribution < -0.4 is 10.6 Å². The number of benzene rings is 1. The lowest BCUT2D eigenvalue weighted by Gasteiger charge is -2.19. The average Bonchev–Trinajstić information content (AvgIpc) is 2.64. The summed E-state index contributed by atoms with van der Waals surface area (Å²) in [5.41, 5.74) is 1.84. The molecule has 7 nitrogen and oxygen atoms in total. The number of anilines is 3. The Kier molecular flexibility index (Phi) is 6.17. The van der Waals surface area contributed by atoms with Gasteiger partial charge in [-0.1, -0.05) is 11.6 Å². The number of amides is 1. The van der Waals surface area contributed by atoms with Crippen LogP contribution >= 0.6 is 11.6 Å². The Bertz CT molecular complexity index is 1090. The van der Waals surface area contributed by atoms with Gasteiger partial charge in [0.25, 0.3) is 0 Å². The highest BCUT2D eigenvalue weighted by Crippen LogP contribution is 2.28. The van der Waals surface area contributed by atoms with Gasteiger partial charge in [-0.2, -0.15) is 10.2 Å². The van der Waals surface area contributed by atoms with Gasteiger partial charge in [0, 0.05) is 28.5 Å². The molecule has 0 atom stereocenters. The summed E-state index contributed by atoms with van der Waals surface area (Å²) in [6.45, 7) is 7.10. The molecule has 2 N–H and O–H groups in total. The molecule has 0 spiro atoms. The van der Waals surface area contributed by atoms with Crippen molar-refractivity contribution in [3.8, 4) is 11.3 Å². The van der Waals surface area contributed by atoms with Gasteiger partial charge in [0.15, 0.2) is 0 Å². The lowest BCUT2D eigenvalue weighted by molar-refractivity contribution is 0.0635. The van der Waals surface area contributed by atoms with Crippen molar-refractivity contribution in [1.29, 1.82) is 0 Å². The van der Waals surface area contributed by atoms with Crippen LogP contribution in [0.25, 0.3) is 11.3 Å². The zero-order valence-corrected chi connectivity index (χ0v) is 17.7. The minimum atomic E-state index is -0.619. The van der Waals surface area contributed by atoms with Crippen LogP contribution in [0.3, 0.4) is 0 Å². The maximum absolute atomic E-state index is 14.2. The third-order valence-corrected chi connectivity index (χ3v) is 4.09. The first kappa shape index (κ1) is 21.4. The van der Waals surface area contributed by atoms with E-state index in [1.54, 1.807) is 45.9 Å². The second-order valence-electron chi connectivity index (χ2n) is 7.53. The Morgan fingerprint density at radius 2 is 1.90 bits per heavy atom. The Labute approximate surface area is 178 Å². The molecule has 0 unspecified atom stereocenters. The van der Waals surface area contributed by atoms with Gasteiger partial charge in [0.1, 0.15) is 17.2 Å². The number of hydrogen-bond donors (Lipinski definition) is 2. The normalized spacial score (nSPS) is 11.1. The summed E-state index contributed by atoms with van der Waals surface area (Å²) in [7, 11) is 0. The van der Waals surface area contributed by atoms with Crippen molar-refractivity contribution in [3.05, 3.63) is 59.1 Å². The molecule has 0 saturated carbocycles. The Balaban J connectivity index is 1.83. The first-order chi connectivity index (χ1) is 14.1. The molecule has 0 aliphatic carbocycles. The van der Waals surface area contributed by atoms with E-state index in [1.807, 2.05) is 0 Å². The molecule has 1 amide bonds. The molecule has 9 heteroatoms. The number of carbonyl (C=O) groups excluding carboxylic acids is 1. The van der Waals surface area contributed by atoms with Gasteiger partial charge in [0.2, 0.25) is 0 Å². The zero-order chi connectivity index (χ0) is 21.9. The number of aryl methyl sites for hydroxylation is 1. The van der Waals surface area contributed by atoms with Crippen molar-refractivity contribution >= 4 is 34.9 Å². The Morgan fingerprint density at radius 3 is 2.63 bits per heavy atom. The Morgan fingerprint density at radius 1 is 1.13 bits per heavy atom. The first-order valence-corrected chi connectivity index (χ1v) is 9.51. The standard InChI is InChI=1S/C21H21ClFN5O2/c1-12-17(11-18(28-27-12)15-9-13(22)5-6-16(15)23)25-14-7-8-24-19(10-14)26-20(29)30-21(2,3)4/h5-11H,1-4H3,(H2,24,25,26,28,29). The predicted octanol–water partition coefficient (Wildman–Crippen LogP) is 5.73. The summed E-state index contributed by atoms with van der Waals surface area (Å²) in [5.74, 6) is -0.133. The van der Waals surface area contributed by atoms with Gasteiger partial charge in [-0.3, -0.25) is 5.32 Å². The molecule has 0 bridgehead atoms. The molecule has 0 fully saturated rings. The topological polar surface area (TPSA) is 89.0 Å². The van der Waals surface area contributed by atoms with Crippen LogP contribution in [0.15, 0.2) is 42.6 Å². The lowest BCUT2D eigenvalue weighted by Crippen LogP contribution is -2.27. The van der Waals surface area contributed by atoms with Crippen LogP contribution in [0.4, 0.5) is 26.4 Å². The summed E-state index contributed by atoms with van der Waals surface area (Å²) in [6, 6.07) is 9.29. The molecule has 3 rings (SSSR count). The van der Waals surface area contributed by atoms with E-state index in [-0.39, 0.29) is 5.56 Å². The molecule has 3 aromatic rings. The van der Waals surface area contributed by atoms with Gasteiger partial charge < -0.3 is 10.1 Å². The molecule has 0 aliphatic heterocycles. The monoisotopic (exact) mass is 429 g/mol. The third-order valence-electron chi connectivity index (χ3n) is 3.85. The maximum Gasteiger partial charge on any atom is 0.413 e. The van der Waals surface area contributed by atoms with E-state index in [9.17, 15) is 9.18 Å². The molecule has 30 heavy (non-hydrogen) atoms. The smallest absolute Gasteiger partial charge is 0.413 e. The number of nitrogens with zero attached hydrogens (tertiary/aromatic N) is 3. The molecule has 1 aromatic carbocycles. The number of carbonyl (C=O) groups is 1. The lowest BCUT2D eigenvalue weighted by atomic mass is 10.1. The number of pyridine rings is 1. The summed E-state index contributed by atoms with van der Waals surface area (Å²) in [5, 5.41) is 14.3. The van der Waals surface area contributed by atoms with E-state index in [1.165, 1.54) is 24.4 Å². The van der Waals surface area contributed by atoms with Crippen LogP contribution in [0, 0.1) is 12.7 Å². The van der Waals surface area contributed by atoms with Crippen LogP contribution in [0.5, 0.6) is 0 Å². The third kappa shape index (κ3) is 5.64. The van der Waals surface area contributed by atoms with Gasteiger partial charge in [-0.05, 0) is 58.0 Å². The van der Waals surface area contributed by atoms with Crippen molar-refractivity contribution in [2.24, 2.45) is 0 Å². The highest BCUT2D eigenvalue weighted by molar-refractivity contribution is 6.30. The van der Waals surface area contributed by atoms with Crippen molar-refractivity contribution < 1.29 is 13.9 Å². The number of hydrogen-bond acceptors (Lipinski definition) is 6. The number of halogens is 2. The highest BCUT2D eigenvalue weighted by atomic mass is 35.5. The summed E-state index contributed by atoms with van der Waals surface area (Å²) in [6.07, 6.45) is 0.934. The quantitative estimate of drug-likeness (QED) is 0.550. The fraction of sp³-hybridized carbons (Fsp3) is 0.238. The number of nitrogens with one attached hydrogen (secondary N) is 2. The van der Waals surface area contributed by atoms with E-state index in [0.717, 1.165) is 0 Å². The fourth-order valence-electron chi connectivity index (χ4n) is 2.55. The minimum absolute atomic E-state index is 0.250. The molecular formula is C21H21ClFN5O2. The second-order valence-corrected chi connectivity index (χ2v) is 7.97. The number of ether oxygens (including phenoxy) is 1. The molecule has 0 radical (unpaired) electrons. The van der Waals surface area contributed by atoms with Gasteiger partial charge in [-0.25, -0.2) is 14.2 Å². The minimum Gasteiger partial charge on any atom is -0.444 e. The van der Waals surface area contributed by atoms with Gasteiger partial charge in [-0.15, -0.1) is 0 Å². The maximum atomic E-state index is 14.2. The van der Waals surface area contributed by atoms with Crippen molar-refractivity contribution in [1.82, 2.24) is 15.2 Å². The van der Waals surface area contributed by atoms with E-state index in [4.69, 9.17) is 16.3 Å². The van der Waals surface area contributed by atoms with Gasteiger partial charge >= 0.3 is 6.09 Å². The zero-order valence-electron chi connectivity index (χ0n) is 17.0. The molecule has 2 aromatic heterocycles. The van der Waals surface area contributed by atoms with E-state index >= 15 is 0 Å². The van der Waals surface area contributed by atoms with E-state index in [0.29, 0.717) is 33.6 Å². The summed E-state index contributed by atoms with van der Waals surface area (Å²) < 4.78 is 19.4. The second kappa shape index (κ2) is 8.62. The molecule has 156 valence electrons. The molecule has 0 aliphatic rings. The van der Waals surface area contributed by atoms with E-state index in [2.05, 4.69) is 25.8 Å². The SMILES string of the molecule is Cc1nnc(-c2cc(Cl)ccc2F)cc1Nc1ccnc(NC(=O)OC(C)(C)C)c1. The van der Waals surface area contributed by atoms with Gasteiger partial charge in [0.05, 0.1) is 17.1 Å². The van der Waals surface area contributed by atoms with Crippen LogP contribution in [0.2, 0.25) is 5.02 Å². The first-order valence-electron chi connectivity index (χ1n) is 9.13. The average molecular weight is 430 g/mol. The highest BCUT2D eigenvalue weighted by Gasteiger charge is 2.17. The number of rotatable bonds is 4. The van der Waals surface area contributed by atoms with Crippen LogP contribution in [-0.2, 0) is 4.74 Å². The molecule has 0 saturated heterocycles. The fourth-order valence-corrected chi connectivity index (χ4v) is 2.72. The van der Waals surface area contributed by atoms with Crippen LogP contribution in [-0.4, -0.2) is 26.9 Å². The summed E-state index contributed by atoms with van der Waals surface area (Å²) in [4.78, 5) is 16.1. The predicted molar refractivity (Wildman–Crippen MR) is 115 cm³/mol. The van der Waals surface area contributed by atoms with Crippen LogP contribution in [0.1, 0.15) is 26.5 Å². The molecule has 2 heterocycles. The van der Waals surface area contributed by atoms with Crippen molar-refractivity contribution in [2.45, 2.75) is 33.3 Å². The van der Waals surface area contributed by atoms with E-state index < -0.39 is 17.5 Å². The molecular weight excluding hydrogens is 409 g/mol. The van der Waals surface area contributed by atoms with Crippen molar-refractivity contribution in [3.63, 3.8) is 0 Å². The largest absolute Gasteiger partial charge is 0.444 e.